The van der Waals surface area contributed by atoms with Gasteiger partial charge in [-0.25, -0.2) is 0 Å². The molecule has 0 atom stereocenters. The fourth-order valence-electron chi connectivity index (χ4n) is 4.86. The van der Waals surface area contributed by atoms with Gasteiger partial charge in [-0.1, -0.05) is 74.0 Å². The van der Waals surface area contributed by atoms with E-state index in [-0.39, 0.29) is 12.8 Å². The lowest BCUT2D eigenvalue weighted by Crippen LogP contribution is -2.16. The average molecular weight is 501 g/mol. The number of nitrogens with one attached hydrogen (secondary N) is 2. The third-order valence-corrected chi connectivity index (χ3v) is 7.09. The molecule has 1 aliphatic heterocycles. The van der Waals surface area contributed by atoms with Crippen molar-refractivity contribution in [3.05, 3.63) is 63.7 Å². The summed E-state index contributed by atoms with van der Waals surface area (Å²) in [4.78, 5) is 19.3. The molecular formula is C28H37ClN2O4. The molecule has 0 aromatic heterocycles. The van der Waals surface area contributed by atoms with Crippen molar-refractivity contribution in [2.75, 3.05) is 18.4 Å². The summed E-state index contributed by atoms with van der Waals surface area (Å²) in [6.45, 7) is 2.90. The summed E-state index contributed by atoms with van der Waals surface area (Å²) in [5.41, 5.74) is 6.76. The van der Waals surface area contributed by atoms with Crippen molar-refractivity contribution in [2.45, 2.75) is 70.8 Å². The van der Waals surface area contributed by atoms with Crippen LogP contribution in [0.1, 0.15) is 67.2 Å². The van der Waals surface area contributed by atoms with Gasteiger partial charge in [0.25, 0.3) is 0 Å². The molecule has 2 aromatic rings. The molecule has 4 rings (SSSR count). The van der Waals surface area contributed by atoms with Gasteiger partial charge >= 0.3 is 11.9 Å². The Labute approximate surface area is 213 Å². The molecule has 0 bridgehead atoms. The molecule has 0 amide bonds. The second kappa shape index (κ2) is 14.1. The van der Waals surface area contributed by atoms with Crippen molar-refractivity contribution >= 4 is 29.2 Å². The standard InChI is InChI=1S/C24H31ClN2.C4H6O4/c25-23-11-10-21-12-14-26-15-13-22(21)24(23)27-17-20-8-6-19(7-9-20)16-18-4-2-1-3-5-18;5-3(6)1-2-4(7)8/h6-11,18,26-27H,1-5,12-17H2;1-2H2,(H,5,6)(H,7,8). The predicted octanol–water partition coefficient (Wildman–Crippen LogP) is 5.70. The predicted molar refractivity (Wildman–Crippen MR) is 140 cm³/mol. The molecule has 2 aliphatic rings. The number of halogens is 1. The topological polar surface area (TPSA) is 98.7 Å². The molecule has 6 nitrogen and oxygen atoms in total. The Balaban J connectivity index is 0.000000371. The van der Waals surface area contributed by atoms with Crippen LogP contribution in [0.4, 0.5) is 5.69 Å². The van der Waals surface area contributed by atoms with Gasteiger partial charge in [0, 0.05) is 6.54 Å². The third-order valence-electron chi connectivity index (χ3n) is 6.78. The molecule has 1 aliphatic carbocycles. The number of hydrogen-bond acceptors (Lipinski definition) is 4. The number of fused-ring (bicyclic) bond motifs is 1. The molecule has 0 saturated heterocycles. The summed E-state index contributed by atoms with van der Waals surface area (Å²) in [7, 11) is 0. The zero-order chi connectivity index (χ0) is 25.0. The minimum atomic E-state index is -1.08. The van der Waals surface area contributed by atoms with Crippen LogP contribution < -0.4 is 10.6 Å². The van der Waals surface area contributed by atoms with E-state index in [1.807, 2.05) is 6.07 Å². The van der Waals surface area contributed by atoms with Crippen LogP contribution in [0, 0.1) is 5.92 Å². The lowest BCUT2D eigenvalue weighted by molar-refractivity contribution is -0.143. The monoisotopic (exact) mass is 500 g/mol. The number of carboxylic acids is 2. The Kier molecular flexibility index (Phi) is 10.9. The van der Waals surface area contributed by atoms with Crippen LogP contribution in [0.25, 0.3) is 0 Å². The molecule has 1 fully saturated rings. The molecule has 2 aromatic carbocycles. The van der Waals surface area contributed by atoms with Gasteiger partial charge in [0.15, 0.2) is 0 Å². The van der Waals surface area contributed by atoms with Crippen LogP contribution >= 0.6 is 11.6 Å². The number of carboxylic acid groups (broad SMARTS) is 2. The number of carbonyl (C=O) groups is 2. The molecule has 1 heterocycles. The quantitative estimate of drug-likeness (QED) is 0.371. The van der Waals surface area contributed by atoms with E-state index in [1.54, 1.807) is 0 Å². The summed E-state index contributed by atoms with van der Waals surface area (Å²) in [5.74, 6) is -1.25. The summed E-state index contributed by atoms with van der Waals surface area (Å²) < 4.78 is 0. The summed E-state index contributed by atoms with van der Waals surface area (Å²) in [6, 6.07) is 13.4. The van der Waals surface area contributed by atoms with Crippen molar-refractivity contribution in [2.24, 2.45) is 5.92 Å². The second-order valence-corrected chi connectivity index (χ2v) is 9.88. The number of benzene rings is 2. The van der Waals surface area contributed by atoms with Crippen LogP contribution in [0.2, 0.25) is 5.02 Å². The minimum Gasteiger partial charge on any atom is -0.481 e. The maximum atomic E-state index is 9.64. The largest absolute Gasteiger partial charge is 0.481 e. The first kappa shape index (κ1) is 27.0. The first-order chi connectivity index (χ1) is 16.9. The van der Waals surface area contributed by atoms with E-state index in [0.29, 0.717) is 0 Å². The highest BCUT2D eigenvalue weighted by atomic mass is 35.5. The number of anilines is 1. The van der Waals surface area contributed by atoms with Gasteiger partial charge in [0.2, 0.25) is 0 Å². The molecule has 0 radical (unpaired) electrons. The molecule has 0 spiro atoms. The van der Waals surface area contributed by atoms with Crippen molar-refractivity contribution in [1.29, 1.82) is 0 Å². The molecule has 1 saturated carbocycles. The molecule has 35 heavy (non-hydrogen) atoms. The fourth-order valence-corrected chi connectivity index (χ4v) is 5.10. The molecule has 0 unspecified atom stereocenters. The van der Waals surface area contributed by atoms with Crippen LogP contribution in [0.5, 0.6) is 0 Å². The maximum absolute atomic E-state index is 9.64. The van der Waals surface area contributed by atoms with Crippen LogP contribution in [-0.2, 0) is 35.4 Å². The maximum Gasteiger partial charge on any atom is 0.303 e. The van der Waals surface area contributed by atoms with E-state index in [9.17, 15) is 9.59 Å². The Morgan fingerprint density at radius 2 is 1.51 bits per heavy atom. The van der Waals surface area contributed by atoms with Gasteiger partial charge in [-0.2, -0.15) is 0 Å². The zero-order valence-electron chi connectivity index (χ0n) is 20.3. The lowest BCUT2D eigenvalue weighted by Gasteiger charge is -2.21. The Morgan fingerprint density at radius 3 is 2.17 bits per heavy atom. The van der Waals surface area contributed by atoms with E-state index in [2.05, 4.69) is 41.0 Å². The fraction of sp³-hybridized carbons (Fsp3) is 0.500. The Hall–Kier alpha value is -2.57. The van der Waals surface area contributed by atoms with E-state index in [0.717, 1.165) is 49.1 Å². The average Bonchev–Trinajstić information content (AvgIpc) is 3.10. The van der Waals surface area contributed by atoms with E-state index >= 15 is 0 Å². The number of hydrogen-bond donors (Lipinski definition) is 4. The molecule has 4 N–H and O–H groups in total. The van der Waals surface area contributed by atoms with E-state index < -0.39 is 11.9 Å². The Morgan fingerprint density at radius 1 is 0.886 bits per heavy atom. The van der Waals surface area contributed by atoms with Crippen LogP contribution in [0.3, 0.4) is 0 Å². The van der Waals surface area contributed by atoms with Gasteiger partial charge in [-0.3, -0.25) is 9.59 Å². The van der Waals surface area contributed by atoms with Gasteiger partial charge in [0.05, 0.1) is 23.6 Å². The van der Waals surface area contributed by atoms with Crippen molar-refractivity contribution in [3.8, 4) is 0 Å². The minimum absolute atomic E-state index is 0.296. The SMILES string of the molecule is Clc1ccc2c(c1NCc1ccc(CC3CCCCC3)cc1)CCNCC2.O=C(O)CCC(=O)O. The molecular weight excluding hydrogens is 464 g/mol. The smallest absolute Gasteiger partial charge is 0.303 e. The summed E-state index contributed by atoms with van der Waals surface area (Å²) in [5, 5.41) is 23.7. The van der Waals surface area contributed by atoms with Gasteiger partial charge in [-0.05, 0) is 66.6 Å². The zero-order valence-corrected chi connectivity index (χ0v) is 21.1. The third kappa shape index (κ3) is 9.19. The van der Waals surface area contributed by atoms with Gasteiger partial charge < -0.3 is 20.8 Å². The second-order valence-electron chi connectivity index (χ2n) is 9.48. The molecule has 7 heteroatoms. The Bertz CT molecular complexity index is 958. The number of rotatable bonds is 8. The van der Waals surface area contributed by atoms with E-state index in [4.69, 9.17) is 21.8 Å². The highest BCUT2D eigenvalue weighted by Crippen LogP contribution is 2.31. The highest BCUT2D eigenvalue weighted by Gasteiger charge is 2.15. The van der Waals surface area contributed by atoms with Gasteiger partial charge in [-0.15, -0.1) is 0 Å². The normalized spacial score (nSPS) is 15.8. The molecule has 190 valence electrons. The van der Waals surface area contributed by atoms with Crippen LogP contribution in [0.15, 0.2) is 36.4 Å². The van der Waals surface area contributed by atoms with Crippen LogP contribution in [-0.4, -0.2) is 35.2 Å². The lowest BCUT2D eigenvalue weighted by atomic mass is 9.85. The first-order valence-electron chi connectivity index (χ1n) is 12.7. The number of aliphatic carboxylic acids is 2. The van der Waals surface area contributed by atoms with Crippen molar-refractivity contribution in [3.63, 3.8) is 0 Å². The highest BCUT2D eigenvalue weighted by molar-refractivity contribution is 6.33. The summed E-state index contributed by atoms with van der Waals surface area (Å²) in [6.07, 6.45) is 9.88. The van der Waals surface area contributed by atoms with Crippen molar-refractivity contribution in [1.82, 2.24) is 5.32 Å². The van der Waals surface area contributed by atoms with Gasteiger partial charge in [0.1, 0.15) is 0 Å². The first-order valence-corrected chi connectivity index (χ1v) is 13.1. The summed E-state index contributed by atoms with van der Waals surface area (Å²) >= 11 is 6.53. The van der Waals surface area contributed by atoms with Crippen molar-refractivity contribution < 1.29 is 19.8 Å². The van der Waals surface area contributed by atoms with E-state index in [1.165, 1.54) is 60.8 Å².